The van der Waals surface area contributed by atoms with Crippen molar-refractivity contribution in [1.82, 2.24) is 0 Å². The van der Waals surface area contributed by atoms with Crippen LogP contribution in [0.25, 0.3) is 0 Å². The van der Waals surface area contributed by atoms with E-state index in [9.17, 15) is 4.57 Å². The molecular formula is C14H13O4P. The van der Waals surface area contributed by atoms with Crippen molar-refractivity contribution in [1.29, 1.82) is 0 Å². The van der Waals surface area contributed by atoms with Crippen LogP contribution in [0.4, 0.5) is 0 Å². The highest BCUT2D eigenvalue weighted by Crippen LogP contribution is 2.52. The summed E-state index contributed by atoms with van der Waals surface area (Å²) in [5.41, 5.74) is 1.94. The zero-order chi connectivity index (χ0) is 13.1. The fourth-order valence-corrected chi connectivity index (χ4v) is 2.99. The molecule has 0 N–H and O–H groups in total. The maximum absolute atomic E-state index is 12.4. The van der Waals surface area contributed by atoms with Crippen LogP contribution < -0.4 is 4.52 Å². The molecule has 0 saturated heterocycles. The Morgan fingerprint density at radius 2 is 1.37 bits per heavy atom. The van der Waals surface area contributed by atoms with Gasteiger partial charge in [-0.3, -0.25) is 9.05 Å². The van der Waals surface area contributed by atoms with Crippen LogP contribution in [0.15, 0.2) is 54.6 Å². The van der Waals surface area contributed by atoms with E-state index in [0.29, 0.717) is 5.75 Å². The molecule has 5 heteroatoms. The molecule has 1 aliphatic rings. The molecule has 2 aromatic rings. The Balaban J connectivity index is 1.79. The number of fused-ring (bicyclic) bond motifs is 1. The van der Waals surface area contributed by atoms with Crippen molar-refractivity contribution in [2.75, 3.05) is 0 Å². The fraction of sp³-hybridized carbons (Fsp3) is 0.143. The molecule has 4 nitrogen and oxygen atoms in total. The van der Waals surface area contributed by atoms with Crippen molar-refractivity contribution in [3.05, 3.63) is 65.7 Å². The summed E-state index contributed by atoms with van der Waals surface area (Å²) in [6.07, 6.45) is 0. The zero-order valence-corrected chi connectivity index (χ0v) is 11.1. The molecule has 1 aliphatic heterocycles. The second kappa shape index (κ2) is 5.17. The van der Waals surface area contributed by atoms with Crippen LogP contribution in [-0.2, 0) is 26.8 Å². The van der Waals surface area contributed by atoms with Crippen LogP contribution >= 0.6 is 7.82 Å². The van der Waals surface area contributed by atoms with Gasteiger partial charge in [-0.2, -0.15) is 0 Å². The van der Waals surface area contributed by atoms with E-state index in [0.717, 1.165) is 11.1 Å². The standard InChI is InChI=1S/C14H13O4P/c15-19(18-14-8-2-1-3-9-14)16-10-12-6-4-5-7-13(12)11-17-19/h1-9H,10-11H2. The van der Waals surface area contributed by atoms with Gasteiger partial charge in [-0.1, -0.05) is 42.5 Å². The summed E-state index contributed by atoms with van der Waals surface area (Å²) >= 11 is 0. The number of benzene rings is 2. The third kappa shape index (κ3) is 2.87. The Morgan fingerprint density at radius 3 is 1.95 bits per heavy atom. The predicted molar refractivity (Wildman–Crippen MR) is 70.7 cm³/mol. The molecule has 2 aromatic carbocycles. The summed E-state index contributed by atoms with van der Waals surface area (Å²) in [7, 11) is -3.56. The third-order valence-corrected chi connectivity index (χ3v) is 4.16. The normalized spacial score (nSPS) is 17.3. The predicted octanol–water partition coefficient (Wildman–Crippen LogP) is 3.92. The van der Waals surface area contributed by atoms with Crippen LogP contribution in [0.5, 0.6) is 5.75 Å². The van der Waals surface area contributed by atoms with Crippen molar-refractivity contribution in [3.8, 4) is 5.75 Å². The first-order valence-corrected chi connectivity index (χ1v) is 7.42. The Bertz CT molecular complexity index is 581. The Kier molecular flexibility index (Phi) is 3.38. The molecule has 0 radical (unpaired) electrons. The lowest BCUT2D eigenvalue weighted by molar-refractivity contribution is 0.155. The average molecular weight is 276 g/mol. The maximum Gasteiger partial charge on any atom is 0.530 e. The summed E-state index contributed by atoms with van der Waals surface area (Å²) in [5.74, 6) is 0.469. The second-order valence-electron chi connectivity index (χ2n) is 4.17. The molecule has 98 valence electrons. The number of rotatable bonds is 2. The van der Waals surface area contributed by atoms with Crippen molar-refractivity contribution in [2.24, 2.45) is 0 Å². The fourth-order valence-electron chi connectivity index (χ4n) is 1.84. The number of phosphoric acid groups is 1. The number of hydrogen-bond acceptors (Lipinski definition) is 4. The lowest BCUT2D eigenvalue weighted by atomic mass is 10.1. The van der Waals surface area contributed by atoms with Gasteiger partial charge in [0.25, 0.3) is 0 Å². The van der Waals surface area contributed by atoms with Crippen molar-refractivity contribution in [2.45, 2.75) is 13.2 Å². The molecule has 0 bridgehead atoms. The van der Waals surface area contributed by atoms with Gasteiger partial charge >= 0.3 is 7.82 Å². The summed E-state index contributed by atoms with van der Waals surface area (Å²) in [5, 5.41) is 0. The first kappa shape index (κ1) is 12.4. The van der Waals surface area contributed by atoms with Crippen LogP contribution in [0, 0.1) is 0 Å². The molecule has 0 unspecified atom stereocenters. The lowest BCUT2D eigenvalue weighted by Gasteiger charge is -2.15. The Hall–Kier alpha value is -1.61. The zero-order valence-electron chi connectivity index (χ0n) is 10.2. The van der Waals surface area contributed by atoms with E-state index < -0.39 is 7.82 Å². The van der Waals surface area contributed by atoms with E-state index in [1.54, 1.807) is 24.3 Å². The van der Waals surface area contributed by atoms with Gasteiger partial charge in [0.15, 0.2) is 0 Å². The maximum atomic E-state index is 12.4. The van der Waals surface area contributed by atoms with Gasteiger partial charge in [0.1, 0.15) is 5.75 Å². The lowest BCUT2D eigenvalue weighted by Crippen LogP contribution is -1.98. The van der Waals surface area contributed by atoms with E-state index in [4.69, 9.17) is 13.6 Å². The van der Waals surface area contributed by atoms with E-state index in [-0.39, 0.29) is 13.2 Å². The van der Waals surface area contributed by atoms with Gasteiger partial charge in [0, 0.05) is 0 Å². The molecule has 0 spiro atoms. The van der Waals surface area contributed by atoms with Crippen LogP contribution in [0.1, 0.15) is 11.1 Å². The molecule has 0 aromatic heterocycles. The monoisotopic (exact) mass is 276 g/mol. The summed E-state index contributed by atoms with van der Waals surface area (Å²) in [6, 6.07) is 16.6. The number of hydrogen-bond donors (Lipinski definition) is 0. The minimum Gasteiger partial charge on any atom is -0.404 e. The van der Waals surface area contributed by atoms with Gasteiger partial charge in [-0.05, 0) is 23.3 Å². The van der Waals surface area contributed by atoms with Gasteiger partial charge in [0.2, 0.25) is 0 Å². The smallest absolute Gasteiger partial charge is 0.404 e. The van der Waals surface area contributed by atoms with E-state index in [1.165, 1.54) is 0 Å². The molecule has 3 rings (SSSR count). The Labute approximate surface area is 111 Å². The highest BCUT2D eigenvalue weighted by atomic mass is 31.2. The quantitative estimate of drug-likeness (QED) is 0.780. The van der Waals surface area contributed by atoms with Crippen LogP contribution in [-0.4, -0.2) is 0 Å². The molecule has 0 fully saturated rings. The number of phosphoric ester groups is 1. The third-order valence-electron chi connectivity index (χ3n) is 2.84. The first-order valence-electron chi connectivity index (χ1n) is 5.96. The Morgan fingerprint density at radius 1 is 0.842 bits per heavy atom. The van der Waals surface area contributed by atoms with Crippen molar-refractivity contribution >= 4 is 7.82 Å². The SMILES string of the molecule is O=P1(Oc2ccccc2)OCc2ccccc2CO1. The summed E-state index contributed by atoms with van der Waals surface area (Å²) in [6.45, 7) is 0.445. The molecule has 1 heterocycles. The number of para-hydroxylation sites is 1. The highest BCUT2D eigenvalue weighted by molar-refractivity contribution is 7.48. The minimum atomic E-state index is -3.56. The highest BCUT2D eigenvalue weighted by Gasteiger charge is 2.31. The second-order valence-corrected chi connectivity index (χ2v) is 5.76. The van der Waals surface area contributed by atoms with Crippen LogP contribution in [0.3, 0.4) is 0 Å². The van der Waals surface area contributed by atoms with Crippen molar-refractivity contribution in [3.63, 3.8) is 0 Å². The van der Waals surface area contributed by atoms with Gasteiger partial charge in [0.05, 0.1) is 13.2 Å². The summed E-state index contributed by atoms with van der Waals surface area (Å²) in [4.78, 5) is 0. The topological polar surface area (TPSA) is 44.8 Å². The van der Waals surface area contributed by atoms with Gasteiger partial charge in [-0.15, -0.1) is 0 Å². The molecule has 19 heavy (non-hydrogen) atoms. The van der Waals surface area contributed by atoms with E-state index in [1.807, 2.05) is 30.3 Å². The molecule has 0 atom stereocenters. The van der Waals surface area contributed by atoms with Crippen molar-refractivity contribution < 1.29 is 18.1 Å². The minimum absolute atomic E-state index is 0.223. The molecule has 0 amide bonds. The van der Waals surface area contributed by atoms with Gasteiger partial charge in [-0.25, -0.2) is 4.57 Å². The molecular weight excluding hydrogens is 263 g/mol. The first-order chi connectivity index (χ1) is 9.25. The average Bonchev–Trinajstić information content (AvgIpc) is 2.61. The molecule has 0 saturated carbocycles. The molecule has 0 aliphatic carbocycles. The van der Waals surface area contributed by atoms with E-state index in [2.05, 4.69) is 0 Å². The van der Waals surface area contributed by atoms with Gasteiger partial charge < -0.3 is 4.52 Å². The van der Waals surface area contributed by atoms with E-state index >= 15 is 0 Å². The summed E-state index contributed by atoms with van der Waals surface area (Å²) < 4.78 is 28.5. The van der Waals surface area contributed by atoms with Crippen LogP contribution in [0.2, 0.25) is 0 Å². The largest absolute Gasteiger partial charge is 0.530 e.